The van der Waals surface area contributed by atoms with E-state index in [0.717, 1.165) is 5.01 Å². The van der Waals surface area contributed by atoms with Gasteiger partial charge in [-0.05, 0) is 49.4 Å². The Balaban J connectivity index is 2.05. The SMILES string of the molecule is CON(C)S(=O)(=O)c1cc(C(=O)N(Cc2csc(C)n2)c2ccc(F)cc2)ccc1Cl. The molecule has 2 aromatic carbocycles. The summed E-state index contributed by atoms with van der Waals surface area (Å²) in [5.41, 5.74) is 1.18. The molecule has 1 amide bonds. The number of hydroxylamine groups is 1. The van der Waals surface area contributed by atoms with E-state index in [1.807, 2.05) is 12.3 Å². The number of sulfonamides is 1. The van der Waals surface area contributed by atoms with Gasteiger partial charge in [0.05, 0.1) is 29.4 Å². The van der Waals surface area contributed by atoms with Gasteiger partial charge < -0.3 is 4.90 Å². The molecule has 0 bridgehead atoms. The molecule has 1 aromatic heterocycles. The van der Waals surface area contributed by atoms with Crippen molar-refractivity contribution in [1.29, 1.82) is 0 Å². The lowest BCUT2D eigenvalue weighted by molar-refractivity contribution is -0.0258. The van der Waals surface area contributed by atoms with Crippen LogP contribution in [0.15, 0.2) is 52.7 Å². The smallest absolute Gasteiger partial charge is 0.266 e. The average Bonchev–Trinajstić information content (AvgIpc) is 3.16. The van der Waals surface area contributed by atoms with Crippen molar-refractivity contribution in [3.8, 4) is 0 Å². The zero-order valence-corrected chi connectivity index (χ0v) is 19.3. The Bertz CT molecular complexity index is 1200. The molecule has 0 aliphatic heterocycles. The molecule has 0 atom stereocenters. The van der Waals surface area contributed by atoms with Gasteiger partial charge in [0, 0.05) is 23.7 Å². The fourth-order valence-corrected chi connectivity index (χ4v) is 4.85. The van der Waals surface area contributed by atoms with Gasteiger partial charge in [-0.2, -0.15) is 0 Å². The normalized spacial score (nSPS) is 11.7. The van der Waals surface area contributed by atoms with Gasteiger partial charge in [-0.25, -0.2) is 17.8 Å². The molecule has 0 spiro atoms. The highest BCUT2D eigenvalue weighted by molar-refractivity contribution is 7.89. The summed E-state index contributed by atoms with van der Waals surface area (Å²) in [6.07, 6.45) is 0. The molecule has 3 rings (SSSR count). The Morgan fingerprint density at radius 3 is 2.48 bits per heavy atom. The van der Waals surface area contributed by atoms with Gasteiger partial charge in [0.15, 0.2) is 0 Å². The van der Waals surface area contributed by atoms with Crippen molar-refractivity contribution < 1.29 is 22.4 Å². The summed E-state index contributed by atoms with van der Waals surface area (Å²) in [6, 6.07) is 9.39. The third-order valence-corrected chi connectivity index (χ3v) is 7.41. The standard InChI is InChI=1S/C20H19ClFN3O4S2/c1-13-23-16(12-30-13)11-25(17-7-5-15(22)6-8-17)20(26)14-4-9-18(21)19(10-14)31(27,28)24(2)29-3/h4-10,12H,11H2,1-3H3. The summed E-state index contributed by atoms with van der Waals surface area (Å²) in [4.78, 5) is 23.7. The largest absolute Gasteiger partial charge is 0.302 e. The maximum atomic E-state index is 13.4. The first-order valence-corrected chi connectivity index (χ1v) is 11.6. The zero-order chi connectivity index (χ0) is 22.8. The number of halogens is 2. The van der Waals surface area contributed by atoms with Crippen LogP contribution >= 0.6 is 22.9 Å². The van der Waals surface area contributed by atoms with E-state index in [-0.39, 0.29) is 22.0 Å². The maximum absolute atomic E-state index is 13.4. The van der Waals surface area contributed by atoms with E-state index in [2.05, 4.69) is 4.98 Å². The maximum Gasteiger partial charge on any atom is 0.266 e. The van der Waals surface area contributed by atoms with E-state index in [4.69, 9.17) is 16.4 Å². The van der Waals surface area contributed by atoms with Gasteiger partial charge in [-0.1, -0.05) is 16.1 Å². The van der Waals surface area contributed by atoms with Crippen molar-refractivity contribution in [1.82, 2.24) is 9.45 Å². The molecule has 31 heavy (non-hydrogen) atoms. The highest BCUT2D eigenvalue weighted by Crippen LogP contribution is 2.28. The van der Waals surface area contributed by atoms with Crippen LogP contribution in [0.3, 0.4) is 0 Å². The number of aromatic nitrogens is 1. The fourth-order valence-electron chi connectivity index (χ4n) is 2.77. The number of hydrogen-bond acceptors (Lipinski definition) is 6. The van der Waals surface area contributed by atoms with Crippen molar-refractivity contribution in [2.45, 2.75) is 18.4 Å². The van der Waals surface area contributed by atoms with Gasteiger partial charge in [0.1, 0.15) is 10.7 Å². The number of carbonyl (C=O) groups is 1. The van der Waals surface area contributed by atoms with E-state index in [0.29, 0.717) is 15.8 Å². The summed E-state index contributed by atoms with van der Waals surface area (Å²) in [5, 5.41) is 2.61. The van der Waals surface area contributed by atoms with Gasteiger partial charge in [0.2, 0.25) is 0 Å². The molecule has 0 fully saturated rings. The second kappa shape index (κ2) is 9.41. The van der Waals surface area contributed by atoms with Crippen LogP contribution in [-0.2, 0) is 21.4 Å². The summed E-state index contributed by atoms with van der Waals surface area (Å²) in [5.74, 6) is -0.937. The predicted octanol–water partition coefficient (Wildman–Crippen LogP) is 4.27. The summed E-state index contributed by atoms with van der Waals surface area (Å²) >= 11 is 7.54. The number of thiazole rings is 1. The first-order valence-electron chi connectivity index (χ1n) is 8.94. The number of benzene rings is 2. The van der Waals surface area contributed by atoms with Gasteiger partial charge in [0.25, 0.3) is 15.9 Å². The monoisotopic (exact) mass is 483 g/mol. The number of anilines is 1. The number of hydrogen-bond donors (Lipinski definition) is 0. The van der Waals surface area contributed by atoms with Gasteiger partial charge >= 0.3 is 0 Å². The molecule has 3 aromatic rings. The zero-order valence-electron chi connectivity index (χ0n) is 16.9. The quantitative estimate of drug-likeness (QED) is 0.469. The second-order valence-corrected chi connectivity index (χ2v) is 9.84. The number of carbonyl (C=O) groups excluding carboxylic acids is 1. The Morgan fingerprint density at radius 2 is 1.90 bits per heavy atom. The van der Waals surface area contributed by atoms with Crippen LogP contribution in [0.2, 0.25) is 5.02 Å². The molecule has 7 nitrogen and oxygen atoms in total. The van der Waals surface area contributed by atoms with E-state index in [1.54, 1.807) is 0 Å². The molecule has 11 heteroatoms. The van der Waals surface area contributed by atoms with Gasteiger partial charge in [-0.15, -0.1) is 11.3 Å². The van der Waals surface area contributed by atoms with E-state index in [1.165, 1.54) is 72.9 Å². The molecule has 0 aliphatic carbocycles. The Kier molecular flexibility index (Phi) is 7.07. The van der Waals surface area contributed by atoms with Crippen LogP contribution in [0, 0.1) is 12.7 Å². The summed E-state index contributed by atoms with van der Waals surface area (Å²) < 4.78 is 39.4. The van der Waals surface area contributed by atoms with Crippen molar-refractivity contribution in [3.05, 3.63) is 74.9 Å². The minimum absolute atomic E-state index is 0.0519. The molecular formula is C20H19ClFN3O4S2. The Labute approximate surface area is 188 Å². The minimum atomic E-state index is -4.08. The highest BCUT2D eigenvalue weighted by Gasteiger charge is 2.27. The lowest BCUT2D eigenvalue weighted by Gasteiger charge is -2.23. The molecule has 0 aliphatic rings. The first-order chi connectivity index (χ1) is 14.6. The van der Waals surface area contributed by atoms with Crippen molar-refractivity contribution in [2.75, 3.05) is 19.1 Å². The van der Waals surface area contributed by atoms with E-state index in [9.17, 15) is 17.6 Å². The average molecular weight is 484 g/mol. The van der Waals surface area contributed by atoms with Crippen LogP contribution < -0.4 is 4.90 Å². The van der Waals surface area contributed by atoms with Crippen LogP contribution in [0.25, 0.3) is 0 Å². The summed E-state index contributed by atoms with van der Waals surface area (Å²) in [7, 11) is -1.66. The Morgan fingerprint density at radius 1 is 1.23 bits per heavy atom. The van der Waals surface area contributed by atoms with Crippen LogP contribution in [-0.4, -0.2) is 37.9 Å². The second-order valence-electron chi connectivity index (χ2n) is 6.47. The number of nitrogens with zero attached hydrogens (tertiary/aromatic N) is 3. The minimum Gasteiger partial charge on any atom is -0.302 e. The van der Waals surface area contributed by atoms with E-state index >= 15 is 0 Å². The lowest BCUT2D eigenvalue weighted by Crippen LogP contribution is -2.31. The van der Waals surface area contributed by atoms with Gasteiger partial charge in [-0.3, -0.25) is 9.63 Å². The number of amides is 1. The molecular weight excluding hydrogens is 465 g/mol. The fraction of sp³-hybridized carbons (Fsp3) is 0.200. The molecule has 0 unspecified atom stereocenters. The lowest BCUT2D eigenvalue weighted by atomic mass is 10.1. The molecule has 0 saturated heterocycles. The first kappa shape index (κ1) is 23.3. The molecule has 1 heterocycles. The van der Waals surface area contributed by atoms with Crippen molar-refractivity contribution in [2.24, 2.45) is 0 Å². The third kappa shape index (κ3) is 5.10. The van der Waals surface area contributed by atoms with Crippen molar-refractivity contribution in [3.63, 3.8) is 0 Å². The molecule has 0 saturated carbocycles. The summed E-state index contributed by atoms with van der Waals surface area (Å²) in [6.45, 7) is 1.97. The van der Waals surface area contributed by atoms with Crippen molar-refractivity contribution >= 4 is 44.6 Å². The van der Waals surface area contributed by atoms with Crippen LogP contribution in [0.1, 0.15) is 21.1 Å². The topological polar surface area (TPSA) is 79.8 Å². The number of aryl methyl sites for hydroxylation is 1. The molecule has 164 valence electrons. The molecule has 0 N–H and O–H groups in total. The highest BCUT2D eigenvalue weighted by atomic mass is 35.5. The predicted molar refractivity (Wildman–Crippen MR) is 117 cm³/mol. The molecule has 0 radical (unpaired) electrons. The van der Waals surface area contributed by atoms with E-state index < -0.39 is 21.7 Å². The third-order valence-electron chi connectivity index (χ3n) is 4.42. The Hall–Kier alpha value is -2.37. The van der Waals surface area contributed by atoms with Crippen LogP contribution in [0.4, 0.5) is 10.1 Å². The number of rotatable bonds is 7. The van der Waals surface area contributed by atoms with Crippen LogP contribution in [0.5, 0.6) is 0 Å².